The topological polar surface area (TPSA) is 8.81 Å². The molecule has 0 aliphatic heterocycles. The fourth-order valence-corrected chi connectivity index (χ4v) is 2.33. The minimum Gasteiger partial charge on any atom is -0.233 e. The van der Waals surface area contributed by atoms with Crippen LogP contribution in [-0.2, 0) is 0 Å². The Morgan fingerprint density at radius 2 is 1.83 bits per heavy atom. The average molecular weight is 237 g/mol. The van der Waals surface area contributed by atoms with Gasteiger partial charge >= 0.3 is 0 Å². The Labute approximate surface area is 108 Å². The van der Waals surface area contributed by atoms with Crippen molar-refractivity contribution in [3.05, 3.63) is 73.4 Å². The third-order valence-corrected chi connectivity index (χ3v) is 3.52. The summed E-state index contributed by atoms with van der Waals surface area (Å²) in [6.45, 7) is 2.25. The van der Waals surface area contributed by atoms with Crippen LogP contribution in [0.15, 0.2) is 73.4 Å². The summed E-state index contributed by atoms with van der Waals surface area (Å²) in [7, 11) is 0. The number of benzene rings is 1. The molecule has 0 radical (unpaired) electrons. The van der Waals surface area contributed by atoms with E-state index in [1.165, 1.54) is 5.69 Å². The molecular weight excluding hydrogens is 220 g/mol. The highest BCUT2D eigenvalue weighted by Gasteiger charge is 2.20. The summed E-state index contributed by atoms with van der Waals surface area (Å²) in [5, 5.41) is 0. The monoisotopic (exact) mass is 237 g/mol. The van der Waals surface area contributed by atoms with Gasteiger partial charge in [0.05, 0.1) is 0 Å². The lowest BCUT2D eigenvalue weighted by Crippen LogP contribution is -2.38. The highest BCUT2D eigenvalue weighted by atomic mass is 15.1. The van der Waals surface area contributed by atoms with E-state index < -0.39 is 0 Å². The first-order chi connectivity index (χ1) is 8.84. The molecule has 18 heavy (non-hydrogen) atoms. The first kappa shape index (κ1) is 11.0. The summed E-state index contributed by atoms with van der Waals surface area (Å²) in [5.41, 5.74) is 1.20. The summed E-state index contributed by atoms with van der Waals surface area (Å²) >= 11 is 0. The largest absolute Gasteiger partial charge is 0.249 e. The van der Waals surface area contributed by atoms with Gasteiger partial charge in [0.25, 0.3) is 0 Å². The minimum atomic E-state index is 0.449. The molecule has 1 aliphatic rings. The van der Waals surface area contributed by atoms with E-state index in [0.717, 1.165) is 0 Å². The van der Waals surface area contributed by atoms with Crippen LogP contribution < -0.4 is 4.57 Å². The molecule has 2 aromatic rings. The van der Waals surface area contributed by atoms with Crippen LogP contribution in [0.1, 0.15) is 13.0 Å². The van der Waals surface area contributed by atoms with Crippen molar-refractivity contribution in [3.8, 4) is 5.69 Å². The summed E-state index contributed by atoms with van der Waals surface area (Å²) in [6.07, 6.45) is 15.1. The van der Waals surface area contributed by atoms with E-state index in [-0.39, 0.29) is 0 Å². The normalized spacial score (nSPS) is 16.3. The van der Waals surface area contributed by atoms with Gasteiger partial charge in [-0.25, -0.2) is 9.13 Å². The van der Waals surface area contributed by atoms with Crippen molar-refractivity contribution in [1.29, 1.82) is 0 Å². The molecule has 0 saturated heterocycles. The summed E-state index contributed by atoms with van der Waals surface area (Å²) in [4.78, 5) is 0. The third kappa shape index (κ3) is 2.02. The second kappa shape index (κ2) is 4.65. The number of rotatable bonds is 3. The standard InChI is InChI=1S/C16H17N2/c1-14(15-7-5-6-8-15)17-11-12-18(13-17)16-9-3-2-4-10-16/h2-15H,1H3/q+1/t14-/m1/s1. The molecule has 2 nitrogen and oxygen atoms in total. The molecule has 1 aromatic carbocycles. The quantitative estimate of drug-likeness (QED) is 0.725. The number of aromatic nitrogens is 2. The predicted molar refractivity (Wildman–Crippen MR) is 72.4 cm³/mol. The zero-order valence-electron chi connectivity index (χ0n) is 10.5. The summed E-state index contributed by atoms with van der Waals surface area (Å²) in [5.74, 6) is 0.502. The van der Waals surface area contributed by atoms with Crippen molar-refractivity contribution >= 4 is 0 Å². The van der Waals surface area contributed by atoms with E-state index >= 15 is 0 Å². The van der Waals surface area contributed by atoms with Crippen molar-refractivity contribution in [3.63, 3.8) is 0 Å². The van der Waals surface area contributed by atoms with E-state index in [1.807, 2.05) is 6.07 Å². The Morgan fingerprint density at radius 1 is 1.11 bits per heavy atom. The Morgan fingerprint density at radius 3 is 2.56 bits per heavy atom. The Kier molecular flexibility index (Phi) is 2.85. The number of hydrogen-bond acceptors (Lipinski definition) is 0. The molecule has 3 rings (SSSR count). The van der Waals surface area contributed by atoms with Gasteiger partial charge in [-0.05, 0) is 19.1 Å². The summed E-state index contributed by atoms with van der Waals surface area (Å²) in [6, 6.07) is 10.8. The average Bonchev–Trinajstić information content (AvgIpc) is 3.10. The van der Waals surface area contributed by atoms with Crippen LogP contribution in [0.2, 0.25) is 0 Å². The van der Waals surface area contributed by atoms with Gasteiger partial charge in [0, 0.05) is 5.92 Å². The van der Waals surface area contributed by atoms with Gasteiger partial charge in [-0.2, -0.15) is 0 Å². The highest BCUT2D eigenvalue weighted by molar-refractivity contribution is 5.30. The van der Waals surface area contributed by atoms with Crippen LogP contribution in [0.3, 0.4) is 0 Å². The van der Waals surface area contributed by atoms with Gasteiger partial charge in [0.15, 0.2) is 0 Å². The Hall–Kier alpha value is -2.09. The van der Waals surface area contributed by atoms with Crippen molar-refractivity contribution in [2.24, 2.45) is 5.92 Å². The Bertz CT molecular complexity index is 566. The molecule has 0 saturated carbocycles. The van der Waals surface area contributed by atoms with Crippen LogP contribution in [0.25, 0.3) is 5.69 Å². The molecule has 1 aromatic heterocycles. The molecule has 1 atom stereocenters. The lowest BCUT2D eigenvalue weighted by Gasteiger charge is -2.11. The molecule has 0 unspecified atom stereocenters. The molecule has 0 spiro atoms. The fourth-order valence-electron chi connectivity index (χ4n) is 2.33. The van der Waals surface area contributed by atoms with E-state index in [1.54, 1.807) is 0 Å². The molecule has 0 fully saturated rings. The minimum absolute atomic E-state index is 0.449. The maximum Gasteiger partial charge on any atom is 0.249 e. The van der Waals surface area contributed by atoms with E-state index in [4.69, 9.17) is 0 Å². The van der Waals surface area contributed by atoms with E-state index in [2.05, 4.69) is 83.3 Å². The molecular formula is C16H17N2+. The molecule has 2 heteroatoms. The van der Waals surface area contributed by atoms with Gasteiger partial charge in [-0.3, -0.25) is 0 Å². The number of imidazole rings is 1. The second-order valence-corrected chi connectivity index (χ2v) is 4.69. The molecule has 1 aliphatic carbocycles. The fraction of sp³-hybridized carbons (Fsp3) is 0.188. The van der Waals surface area contributed by atoms with Crippen LogP contribution in [0, 0.1) is 5.92 Å². The van der Waals surface area contributed by atoms with Gasteiger partial charge in [0.2, 0.25) is 6.33 Å². The number of hydrogen-bond donors (Lipinski definition) is 0. The molecule has 0 bridgehead atoms. The predicted octanol–water partition coefficient (Wildman–Crippen LogP) is 3.07. The van der Waals surface area contributed by atoms with Gasteiger partial charge in [-0.15, -0.1) is 0 Å². The van der Waals surface area contributed by atoms with Gasteiger partial charge in [0.1, 0.15) is 24.1 Å². The molecule has 0 N–H and O–H groups in total. The number of para-hydroxylation sites is 1. The molecule has 1 heterocycles. The smallest absolute Gasteiger partial charge is 0.233 e. The Balaban J connectivity index is 1.85. The zero-order valence-corrected chi connectivity index (χ0v) is 10.5. The van der Waals surface area contributed by atoms with Crippen LogP contribution >= 0.6 is 0 Å². The van der Waals surface area contributed by atoms with Crippen molar-refractivity contribution in [2.45, 2.75) is 13.0 Å². The third-order valence-electron chi connectivity index (χ3n) is 3.52. The lowest BCUT2D eigenvalue weighted by molar-refractivity contribution is -0.722. The maximum atomic E-state index is 2.26. The van der Waals surface area contributed by atoms with E-state index in [9.17, 15) is 0 Å². The number of nitrogens with zero attached hydrogens (tertiary/aromatic N) is 2. The number of allylic oxidation sites excluding steroid dienone is 4. The lowest BCUT2D eigenvalue weighted by atomic mass is 10.0. The highest BCUT2D eigenvalue weighted by Crippen LogP contribution is 2.19. The van der Waals surface area contributed by atoms with Crippen molar-refractivity contribution in [2.75, 3.05) is 0 Å². The maximum absolute atomic E-state index is 2.26. The van der Waals surface area contributed by atoms with E-state index in [0.29, 0.717) is 12.0 Å². The molecule has 90 valence electrons. The van der Waals surface area contributed by atoms with Gasteiger partial charge in [-0.1, -0.05) is 42.5 Å². The van der Waals surface area contributed by atoms with Crippen LogP contribution in [0.5, 0.6) is 0 Å². The summed E-state index contributed by atoms with van der Waals surface area (Å²) < 4.78 is 4.41. The van der Waals surface area contributed by atoms with Crippen molar-refractivity contribution < 1.29 is 4.57 Å². The van der Waals surface area contributed by atoms with Crippen LogP contribution in [-0.4, -0.2) is 4.57 Å². The first-order valence-corrected chi connectivity index (χ1v) is 6.34. The van der Waals surface area contributed by atoms with Gasteiger partial charge < -0.3 is 0 Å². The SMILES string of the molecule is C[C@H](C1C=CC=C1)[n+]1ccn(-c2ccccc2)c1. The van der Waals surface area contributed by atoms with Crippen LogP contribution in [0.4, 0.5) is 0 Å². The first-order valence-electron chi connectivity index (χ1n) is 6.34. The second-order valence-electron chi connectivity index (χ2n) is 4.69. The zero-order chi connectivity index (χ0) is 12.4. The molecule has 0 amide bonds. The van der Waals surface area contributed by atoms with Crippen molar-refractivity contribution in [1.82, 2.24) is 4.57 Å².